The predicted octanol–water partition coefficient (Wildman–Crippen LogP) is 5.73. The number of carboxylic acids is 1. The van der Waals surface area contributed by atoms with Crippen molar-refractivity contribution in [3.63, 3.8) is 0 Å². The molecule has 0 saturated carbocycles. The smallest absolute Gasteiger partial charge is 0.416 e. The number of hydrogen-bond donors (Lipinski definition) is 2. The predicted molar refractivity (Wildman–Crippen MR) is 137 cm³/mol. The molecule has 2 aromatic rings. The van der Waals surface area contributed by atoms with Crippen molar-refractivity contribution < 1.29 is 23.1 Å². The molecule has 0 aliphatic carbocycles. The Balaban J connectivity index is 1.43. The number of piperidine rings is 1. The third kappa shape index (κ3) is 6.37. The van der Waals surface area contributed by atoms with Crippen LogP contribution < -0.4 is 15.1 Å². The molecule has 9 heteroatoms. The highest BCUT2D eigenvalue weighted by Gasteiger charge is 2.32. The zero-order chi connectivity index (χ0) is 25.0. The van der Waals surface area contributed by atoms with Gasteiger partial charge in [0.05, 0.1) is 22.7 Å². The Kier molecular flexibility index (Phi) is 8.04. The second kappa shape index (κ2) is 11.0. The number of aryl methyl sites for hydroxylation is 1. The minimum Gasteiger partial charge on any atom is -0.481 e. The van der Waals surface area contributed by atoms with Crippen LogP contribution in [0.3, 0.4) is 0 Å². The van der Waals surface area contributed by atoms with Gasteiger partial charge in [-0.2, -0.15) is 13.2 Å². The van der Waals surface area contributed by atoms with E-state index in [0.717, 1.165) is 73.6 Å². The third-order valence-electron chi connectivity index (χ3n) is 6.87. The molecule has 190 valence electrons. The molecular formula is C26H32F3N3O2S. The molecule has 0 radical (unpaired) electrons. The Morgan fingerprint density at radius 1 is 1.11 bits per heavy atom. The number of nitrogens with one attached hydrogen (secondary N) is 1. The first-order valence-corrected chi connectivity index (χ1v) is 13.2. The van der Waals surface area contributed by atoms with Crippen molar-refractivity contribution in [1.82, 2.24) is 0 Å². The van der Waals surface area contributed by atoms with Crippen LogP contribution in [0.4, 0.5) is 30.2 Å². The highest BCUT2D eigenvalue weighted by Crippen LogP contribution is 2.37. The van der Waals surface area contributed by atoms with Crippen molar-refractivity contribution >= 4 is 34.8 Å². The first-order chi connectivity index (χ1) is 16.7. The van der Waals surface area contributed by atoms with Crippen LogP contribution in [0.2, 0.25) is 0 Å². The average Bonchev–Trinajstić information content (AvgIpc) is 2.83. The van der Waals surface area contributed by atoms with Gasteiger partial charge in [0.25, 0.3) is 0 Å². The molecule has 2 N–H and O–H groups in total. The number of rotatable bonds is 8. The molecular weight excluding hydrogens is 475 g/mol. The lowest BCUT2D eigenvalue weighted by molar-refractivity contribution is -0.137. The SMILES string of the molecule is CNc1cc(CN2CCCc3ccc(C(F)(F)F)cc32)ccc1N1CCC(CSCC(=O)O)CC1. The molecule has 35 heavy (non-hydrogen) atoms. The highest BCUT2D eigenvalue weighted by molar-refractivity contribution is 7.99. The molecule has 0 amide bonds. The molecule has 1 fully saturated rings. The van der Waals surface area contributed by atoms with Crippen molar-refractivity contribution in [2.75, 3.05) is 53.3 Å². The minimum atomic E-state index is -4.35. The fourth-order valence-electron chi connectivity index (χ4n) is 5.02. The molecule has 2 aliphatic rings. The number of anilines is 3. The summed E-state index contributed by atoms with van der Waals surface area (Å²) in [6.45, 7) is 3.14. The van der Waals surface area contributed by atoms with E-state index < -0.39 is 17.7 Å². The van der Waals surface area contributed by atoms with Gasteiger partial charge in [0.15, 0.2) is 0 Å². The van der Waals surface area contributed by atoms with Crippen LogP contribution in [0.15, 0.2) is 36.4 Å². The van der Waals surface area contributed by atoms with E-state index in [-0.39, 0.29) is 5.75 Å². The van der Waals surface area contributed by atoms with E-state index in [4.69, 9.17) is 5.11 Å². The number of thioether (sulfide) groups is 1. The van der Waals surface area contributed by atoms with E-state index >= 15 is 0 Å². The number of nitrogens with zero attached hydrogens (tertiary/aromatic N) is 2. The Morgan fingerprint density at radius 3 is 2.57 bits per heavy atom. The Morgan fingerprint density at radius 2 is 1.89 bits per heavy atom. The number of aliphatic carboxylic acids is 1. The molecule has 2 aromatic carbocycles. The van der Waals surface area contributed by atoms with Crippen molar-refractivity contribution in [2.45, 2.75) is 38.4 Å². The number of fused-ring (bicyclic) bond motifs is 1. The fraction of sp³-hybridized carbons (Fsp3) is 0.500. The second-order valence-electron chi connectivity index (χ2n) is 9.31. The maximum atomic E-state index is 13.3. The van der Waals surface area contributed by atoms with Crippen LogP contribution in [0, 0.1) is 5.92 Å². The Bertz CT molecular complexity index is 1040. The summed E-state index contributed by atoms with van der Waals surface area (Å²) in [5.74, 6) is 0.810. The molecule has 5 nitrogen and oxygen atoms in total. The van der Waals surface area contributed by atoms with Gasteiger partial charge in [-0.1, -0.05) is 12.1 Å². The molecule has 0 spiro atoms. The lowest BCUT2D eigenvalue weighted by Gasteiger charge is -2.35. The van der Waals surface area contributed by atoms with Gasteiger partial charge < -0.3 is 20.2 Å². The summed E-state index contributed by atoms with van der Waals surface area (Å²) in [6.07, 6.45) is -0.556. The molecule has 0 unspecified atom stereocenters. The van der Waals surface area contributed by atoms with Crippen LogP contribution in [0.5, 0.6) is 0 Å². The van der Waals surface area contributed by atoms with Crippen molar-refractivity contribution in [1.29, 1.82) is 0 Å². The maximum Gasteiger partial charge on any atom is 0.416 e. The largest absolute Gasteiger partial charge is 0.481 e. The molecule has 0 aromatic heterocycles. The van der Waals surface area contributed by atoms with Gasteiger partial charge in [0.1, 0.15) is 0 Å². The monoisotopic (exact) mass is 507 g/mol. The summed E-state index contributed by atoms with van der Waals surface area (Å²) >= 11 is 1.49. The Labute approximate surface area is 208 Å². The normalized spacial score (nSPS) is 16.8. The molecule has 2 heterocycles. The van der Waals surface area contributed by atoms with Crippen molar-refractivity contribution in [3.8, 4) is 0 Å². The van der Waals surface area contributed by atoms with Crippen LogP contribution in [-0.2, 0) is 23.9 Å². The molecule has 4 rings (SSSR count). The van der Waals surface area contributed by atoms with Gasteiger partial charge in [-0.15, -0.1) is 11.8 Å². The van der Waals surface area contributed by atoms with Gasteiger partial charge in [-0.25, -0.2) is 0 Å². The average molecular weight is 508 g/mol. The van der Waals surface area contributed by atoms with Crippen molar-refractivity contribution in [2.24, 2.45) is 5.92 Å². The van der Waals surface area contributed by atoms with Gasteiger partial charge in [-0.3, -0.25) is 4.79 Å². The summed E-state index contributed by atoms with van der Waals surface area (Å²) < 4.78 is 39.9. The molecule has 1 saturated heterocycles. The van der Waals surface area contributed by atoms with E-state index in [1.54, 1.807) is 6.07 Å². The second-order valence-corrected chi connectivity index (χ2v) is 10.3. The molecule has 0 bridgehead atoms. The molecule has 2 aliphatic heterocycles. The van der Waals surface area contributed by atoms with E-state index in [0.29, 0.717) is 18.2 Å². The number of carboxylic acid groups (broad SMARTS) is 1. The fourth-order valence-corrected chi connectivity index (χ4v) is 5.98. The number of carbonyl (C=O) groups is 1. The van der Waals surface area contributed by atoms with E-state index in [1.165, 1.54) is 23.9 Å². The summed E-state index contributed by atoms with van der Waals surface area (Å²) in [5.41, 5.74) is 4.26. The lowest BCUT2D eigenvalue weighted by Crippen LogP contribution is -2.35. The number of hydrogen-bond acceptors (Lipinski definition) is 5. The standard InChI is InChI=1S/C26H32F3N3O2S/c1-30-22-13-19(4-7-23(22)31-11-8-18(9-12-31)16-35-17-25(33)34)15-32-10-2-3-20-5-6-21(14-24(20)32)26(27,28)29/h4-7,13-14,18,30H,2-3,8-12,15-17H2,1H3,(H,33,34). The van der Waals surface area contributed by atoms with E-state index in [9.17, 15) is 18.0 Å². The first-order valence-electron chi connectivity index (χ1n) is 12.0. The number of halogens is 3. The quantitative estimate of drug-likeness (QED) is 0.476. The first kappa shape index (κ1) is 25.5. The summed E-state index contributed by atoms with van der Waals surface area (Å²) in [6, 6.07) is 10.4. The third-order valence-corrected chi connectivity index (χ3v) is 8.02. The van der Waals surface area contributed by atoms with Crippen molar-refractivity contribution in [3.05, 3.63) is 53.1 Å². The topological polar surface area (TPSA) is 55.8 Å². The van der Waals surface area contributed by atoms with Gasteiger partial charge >= 0.3 is 12.1 Å². The molecule has 0 atom stereocenters. The summed E-state index contributed by atoms with van der Waals surface area (Å²) in [4.78, 5) is 15.2. The van der Waals surface area contributed by atoms with Gasteiger partial charge in [-0.05, 0) is 72.7 Å². The van der Waals surface area contributed by atoms with Gasteiger partial charge in [0.2, 0.25) is 0 Å². The zero-order valence-corrected chi connectivity index (χ0v) is 20.7. The van der Waals surface area contributed by atoms with Gasteiger partial charge in [0, 0.05) is 38.9 Å². The zero-order valence-electron chi connectivity index (χ0n) is 19.9. The minimum absolute atomic E-state index is 0.157. The highest BCUT2D eigenvalue weighted by atomic mass is 32.2. The van der Waals surface area contributed by atoms with E-state index in [1.807, 2.05) is 7.05 Å². The maximum absolute atomic E-state index is 13.3. The van der Waals surface area contributed by atoms with Crippen LogP contribution >= 0.6 is 11.8 Å². The van der Waals surface area contributed by atoms with Crippen LogP contribution in [0.25, 0.3) is 0 Å². The number of alkyl halides is 3. The lowest BCUT2D eigenvalue weighted by atomic mass is 9.97. The summed E-state index contributed by atoms with van der Waals surface area (Å²) in [7, 11) is 1.89. The Hall–Kier alpha value is -2.55. The van der Waals surface area contributed by atoms with Crippen LogP contribution in [-0.4, -0.2) is 49.3 Å². The summed E-state index contributed by atoms with van der Waals surface area (Å²) in [5, 5.41) is 12.1. The van der Waals surface area contributed by atoms with Crippen LogP contribution in [0.1, 0.15) is 36.0 Å². The number of benzene rings is 2. The van der Waals surface area contributed by atoms with E-state index in [2.05, 4.69) is 33.3 Å².